The normalized spacial score (nSPS) is 42.4. The molecule has 0 radical (unpaired) electrons. The van der Waals surface area contributed by atoms with E-state index >= 15 is 0 Å². The van der Waals surface area contributed by atoms with Gasteiger partial charge in [0.1, 0.15) is 5.82 Å². The molecule has 6 atom stereocenters. The quantitative estimate of drug-likeness (QED) is 0.538. The molecule has 1 aliphatic heterocycles. The van der Waals surface area contributed by atoms with E-state index in [1.54, 1.807) is 24.4 Å². The van der Waals surface area contributed by atoms with Gasteiger partial charge in [-0.25, -0.2) is 9.88 Å². The standard InChI is InChI=1S/C14H12Br2N2O2/c15-11-6-5-7(12(11)16)10-9(6)13(19)18(14(10)20)8-3-1-2-4-17-8/h1-4,6-7,9-12H,5H2/t6-,7-,9-,10+,11-,12+/m0/s1. The lowest BCUT2D eigenvalue weighted by molar-refractivity contribution is -0.123. The van der Waals surface area contributed by atoms with Crippen LogP contribution in [0, 0.1) is 23.7 Å². The minimum absolute atomic E-state index is 0.0740. The Hall–Kier alpha value is -0.750. The van der Waals surface area contributed by atoms with Crippen molar-refractivity contribution in [2.75, 3.05) is 4.90 Å². The number of nitrogens with zero attached hydrogens (tertiary/aromatic N) is 2. The van der Waals surface area contributed by atoms with Crippen molar-refractivity contribution in [1.82, 2.24) is 4.98 Å². The lowest BCUT2D eigenvalue weighted by atomic mass is 9.81. The largest absolute Gasteiger partial charge is 0.274 e. The van der Waals surface area contributed by atoms with Gasteiger partial charge in [-0.1, -0.05) is 37.9 Å². The summed E-state index contributed by atoms with van der Waals surface area (Å²) in [5, 5.41) is 0. The van der Waals surface area contributed by atoms with Crippen LogP contribution in [-0.2, 0) is 9.59 Å². The number of hydrogen-bond donors (Lipinski definition) is 0. The van der Waals surface area contributed by atoms with Crippen LogP contribution in [0.25, 0.3) is 0 Å². The molecule has 2 heterocycles. The molecule has 1 aromatic heterocycles. The predicted molar refractivity (Wildman–Crippen MR) is 80.7 cm³/mol. The number of carbonyl (C=O) groups excluding carboxylic acids is 2. The van der Waals surface area contributed by atoms with E-state index in [1.165, 1.54) is 4.90 Å². The highest BCUT2D eigenvalue weighted by atomic mass is 79.9. The molecule has 2 aliphatic carbocycles. The molecule has 0 unspecified atom stereocenters. The first-order valence-corrected chi connectivity index (χ1v) is 8.51. The smallest absolute Gasteiger partial charge is 0.239 e. The molecule has 0 spiro atoms. The molecule has 1 aromatic rings. The van der Waals surface area contributed by atoms with E-state index in [0.717, 1.165) is 6.42 Å². The summed E-state index contributed by atoms with van der Waals surface area (Å²) >= 11 is 7.35. The molecular weight excluding hydrogens is 388 g/mol. The van der Waals surface area contributed by atoms with Gasteiger partial charge in [0.2, 0.25) is 11.8 Å². The van der Waals surface area contributed by atoms with E-state index in [2.05, 4.69) is 36.8 Å². The van der Waals surface area contributed by atoms with Crippen molar-refractivity contribution in [1.29, 1.82) is 0 Å². The van der Waals surface area contributed by atoms with Gasteiger partial charge in [-0.2, -0.15) is 0 Å². The number of rotatable bonds is 1. The van der Waals surface area contributed by atoms with Crippen molar-refractivity contribution >= 4 is 49.5 Å². The second-order valence-electron chi connectivity index (χ2n) is 5.70. The van der Waals surface area contributed by atoms with Crippen LogP contribution in [0.15, 0.2) is 24.4 Å². The minimum atomic E-state index is -0.173. The van der Waals surface area contributed by atoms with E-state index < -0.39 is 0 Å². The third-order valence-corrected chi connectivity index (χ3v) is 8.07. The Kier molecular flexibility index (Phi) is 2.83. The maximum absolute atomic E-state index is 12.7. The lowest BCUT2D eigenvalue weighted by Gasteiger charge is -2.28. The lowest BCUT2D eigenvalue weighted by Crippen LogP contribution is -2.37. The number of pyridine rings is 1. The molecule has 20 heavy (non-hydrogen) atoms. The van der Waals surface area contributed by atoms with Crippen molar-refractivity contribution < 1.29 is 9.59 Å². The van der Waals surface area contributed by atoms with Crippen molar-refractivity contribution in [2.45, 2.75) is 16.1 Å². The van der Waals surface area contributed by atoms with Crippen LogP contribution in [0.5, 0.6) is 0 Å². The fourth-order valence-electron chi connectivity index (χ4n) is 4.06. The highest BCUT2D eigenvalue weighted by Crippen LogP contribution is 2.60. The summed E-state index contributed by atoms with van der Waals surface area (Å²) in [6.07, 6.45) is 2.56. The Morgan fingerprint density at radius 2 is 1.65 bits per heavy atom. The summed E-state index contributed by atoms with van der Waals surface area (Å²) < 4.78 is 0. The summed E-state index contributed by atoms with van der Waals surface area (Å²) in [5.74, 6) is 0.457. The highest BCUT2D eigenvalue weighted by molar-refractivity contribution is 9.12. The topological polar surface area (TPSA) is 50.3 Å². The number of halogens is 2. The number of carbonyl (C=O) groups is 2. The van der Waals surface area contributed by atoms with Gasteiger partial charge >= 0.3 is 0 Å². The molecule has 6 heteroatoms. The highest BCUT2D eigenvalue weighted by Gasteiger charge is 2.66. The molecule has 2 bridgehead atoms. The van der Waals surface area contributed by atoms with E-state index in [0.29, 0.717) is 5.82 Å². The van der Waals surface area contributed by atoms with Crippen LogP contribution in [0.4, 0.5) is 5.82 Å². The zero-order valence-electron chi connectivity index (χ0n) is 10.4. The average Bonchev–Trinajstić information content (AvgIpc) is 3.05. The van der Waals surface area contributed by atoms with Crippen LogP contribution < -0.4 is 4.90 Å². The van der Waals surface area contributed by atoms with Gasteiger partial charge < -0.3 is 0 Å². The second kappa shape index (κ2) is 4.37. The average molecular weight is 400 g/mol. The van der Waals surface area contributed by atoms with Gasteiger partial charge in [-0.3, -0.25) is 9.59 Å². The van der Waals surface area contributed by atoms with E-state index in [9.17, 15) is 9.59 Å². The van der Waals surface area contributed by atoms with Gasteiger partial charge in [0.15, 0.2) is 0 Å². The Morgan fingerprint density at radius 3 is 2.15 bits per heavy atom. The molecule has 2 amide bonds. The molecule has 0 aromatic carbocycles. The summed E-state index contributed by atoms with van der Waals surface area (Å²) in [5.41, 5.74) is 0. The van der Waals surface area contributed by atoms with Gasteiger partial charge in [0.25, 0.3) is 0 Å². The van der Waals surface area contributed by atoms with Gasteiger partial charge in [0.05, 0.1) is 11.8 Å². The second-order valence-corrected chi connectivity index (χ2v) is 7.82. The molecule has 0 N–H and O–H groups in total. The molecule has 1 saturated heterocycles. The Labute approximate surface area is 133 Å². The third kappa shape index (κ3) is 1.49. The van der Waals surface area contributed by atoms with E-state index in [-0.39, 0.29) is 45.1 Å². The first-order chi connectivity index (χ1) is 9.61. The molecular formula is C14H12Br2N2O2. The Bertz CT molecular complexity index is 562. The maximum atomic E-state index is 12.7. The van der Waals surface area contributed by atoms with E-state index in [4.69, 9.17) is 0 Å². The van der Waals surface area contributed by atoms with Crippen LogP contribution in [0.2, 0.25) is 0 Å². The number of aromatic nitrogens is 1. The summed E-state index contributed by atoms with van der Waals surface area (Å²) in [4.78, 5) is 31.3. The maximum Gasteiger partial charge on any atom is 0.239 e. The van der Waals surface area contributed by atoms with E-state index in [1.807, 2.05) is 0 Å². The summed E-state index contributed by atoms with van der Waals surface area (Å²) in [6, 6.07) is 5.30. The molecule has 4 nitrogen and oxygen atoms in total. The number of anilines is 1. The fraction of sp³-hybridized carbons (Fsp3) is 0.500. The molecule has 3 fully saturated rings. The van der Waals surface area contributed by atoms with Crippen LogP contribution >= 0.6 is 31.9 Å². The number of hydrogen-bond acceptors (Lipinski definition) is 3. The fourth-order valence-corrected chi connectivity index (χ4v) is 5.93. The zero-order valence-corrected chi connectivity index (χ0v) is 13.6. The van der Waals surface area contributed by atoms with Crippen LogP contribution in [0.1, 0.15) is 6.42 Å². The molecule has 2 saturated carbocycles. The van der Waals surface area contributed by atoms with Crippen molar-refractivity contribution in [3.8, 4) is 0 Å². The monoisotopic (exact) mass is 398 g/mol. The Balaban J connectivity index is 1.75. The third-order valence-electron chi connectivity index (χ3n) is 4.87. The van der Waals surface area contributed by atoms with Crippen LogP contribution in [0.3, 0.4) is 0 Å². The van der Waals surface area contributed by atoms with Crippen molar-refractivity contribution in [3.05, 3.63) is 24.4 Å². The summed E-state index contributed by atoms with van der Waals surface area (Å²) in [6.45, 7) is 0. The SMILES string of the molecule is O=C1[C@@H]2[C@@H]3C[C@H]([C@H](Br)[C@@H]3Br)[C@@H]2C(=O)N1c1ccccn1. The minimum Gasteiger partial charge on any atom is -0.274 e. The summed E-state index contributed by atoms with van der Waals surface area (Å²) in [7, 11) is 0. The molecule has 3 aliphatic rings. The number of fused-ring (bicyclic) bond motifs is 5. The van der Waals surface area contributed by atoms with Gasteiger partial charge in [-0.05, 0) is 30.4 Å². The molecule has 104 valence electrons. The van der Waals surface area contributed by atoms with Crippen molar-refractivity contribution in [2.24, 2.45) is 23.7 Å². The van der Waals surface area contributed by atoms with Crippen LogP contribution in [-0.4, -0.2) is 26.5 Å². The number of amides is 2. The predicted octanol–water partition coefficient (Wildman–Crippen LogP) is 2.36. The number of alkyl halides is 2. The molecule has 4 rings (SSSR count). The first kappa shape index (κ1) is 13.0. The van der Waals surface area contributed by atoms with Gasteiger partial charge in [-0.15, -0.1) is 0 Å². The first-order valence-electron chi connectivity index (χ1n) is 6.68. The Morgan fingerprint density at radius 1 is 1.05 bits per heavy atom. The van der Waals surface area contributed by atoms with Crippen molar-refractivity contribution in [3.63, 3.8) is 0 Å². The van der Waals surface area contributed by atoms with Gasteiger partial charge in [0, 0.05) is 15.9 Å². The number of imide groups is 1. The zero-order chi connectivity index (χ0) is 14.0.